The molecule has 0 aliphatic heterocycles. The molecule has 0 atom stereocenters. The van der Waals surface area contributed by atoms with Crippen LogP contribution in [0.2, 0.25) is 0 Å². The lowest BCUT2D eigenvalue weighted by molar-refractivity contribution is 0.787. The van der Waals surface area contributed by atoms with Crippen molar-refractivity contribution in [3.63, 3.8) is 0 Å². The fraction of sp³-hybridized carbons (Fsp3) is 0.0833. The van der Waals surface area contributed by atoms with Crippen LogP contribution in [0.4, 0.5) is 5.95 Å². The molecule has 0 aliphatic carbocycles. The van der Waals surface area contributed by atoms with Gasteiger partial charge in [0.2, 0.25) is 5.95 Å². The third-order valence-electron chi connectivity index (χ3n) is 2.41. The van der Waals surface area contributed by atoms with Gasteiger partial charge in [0.1, 0.15) is 12.4 Å². The normalized spacial score (nSPS) is 9.80. The van der Waals surface area contributed by atoms with E-state index >= 15 is 0 Å². The fourth-order valence-electron chi connectivity index (χ4n) is 1.51. The maximum atomic E-state index is 12.0. The maximum Gasteiger partial charge on any atom is 0.357 e. The van der Waals surface area contributed by atoms with Crippen LogP contribution in [0.25, 0.3) is 5.82 Å². The molecule has 0 aliphatic rings. The van der Waals surface area contributed by atoms with Crippen molar-refractivity contribution >= 4 is 5.95 Å². The average molecular weight is 269 g/mol. The van der Waals surface area contributed by atoms with Gasteiger partial charge in [-0.3, -0.25) is 5.01 Å². The van der Waals surface area contributed by atoms with Gasteiger partial charge in [0.15, 0.2) is 5.82 Å². The molecule has 100 valence electrons. The summed E-state index contributed by atoms with van der Waals surface area (Å²) in [6, 6.07) is 5.11. The van der Waals surface area contributed by atoms with Crippen molar-refractivity contribution in [3.8, 4) is 11.9 Å². The standard InChI is InChI=1S/C12H11N7O/c1-2-6-19(14)11-16-8-18(12(20)17-11)10-9(7-13)4-3-5-15-10/h2-5,8H,1,6,14H2. The van der Waals surface area contributed by atoms with E-state index in [0.29, 0.717) is 6.54 Å². The van der Waals surface area contributed by atoms with Crippen LogP contribution in [0.5, 0.6) is 0 Å². The second kappa shape index (κ2) is 5.73. The number of hydrazine groups is 1. The molecular formula is C12H11N7O. The van der Waals surface area contributed by atoms with Crippen LogP contribution in [-0.4, -0.2) is 26.1 Å². The van der Waals surface area contributed by atoms with E-state index in [0.717, 1.165) is 4.57 Å². The summed E-state index contributed by atoms with van der Waals surface area (Å²) in [6.45, 7) is 3.83. The lowest BCUT2D eigenvalue weighted by Crippen LogP contribution is -2.35. The third-order valence-corrected chi connectivity index (χ3v) is 2.41. The van der Waals surface area contributed by atoms with Crippen molar-refractivity contribution in [2.75, 3.05) is 11.6 Å². The summed E-state index contributed by atoms with van der Waals surface area (Å²) in [7, 11) is 0. The minimum Gasteiger partial charge on any atom is -0.275 e. The van der Waals surface area contributed by atoms with Crippen molar-refractivity contribution in [1.29, 1.82) is 5.26 Å². The average Bonchev–Trinajstić information content (AvgIpc) is 2.47. The maximum absolute atomic E-state index is 12.0. The smallest absolute Gasteiger partial charge is 0.275 e. The number of rotatable bonds is 4. The number of anilines is 1. The summed E-state index contributed by atoms with van der Waals surface area (Å²) in [5.41, 5.74) is -0.369. The second-order valence-electron chi connectivity index (χ2n) is 3.74. The van der Waals surface area contributed by atoms with Gasteiger partial charge < -0.3 is 0 Å². The van der Waals surface area contributed by atoms with E-state index < -0.39 is 5.69 Å². The highest BCUT2D eigenvalue weighted by atomic mass is 16.1. The molecule has 8 heteroatoms. The Hall–Kier alpha value is -3.05. The Morgan fingerprint density at radius 1 is 1.55 bits per heavy atom. The van der Waals surface area contributed by atoms with E-state index in [9.17, 15) is 4.79 Å². The summed E-state index contributed by atoms with van der Waals surface area (Å²) in [5.74, 6) is 5.89. The van der Waals surface area contributed by atoms with Crippen LogP contribution in [0.3, 0.4) is 0 Å². The van der Waals surface area contributed by atoms with E-state index in [1.54, 1.807) is 18.2 Å². The summed E-state index contributed by atoms with van der Waals surface area (Å²) in [6.07, 6.45) is 4.27. The van der Waals surface area contributed by atoms with E-state index in [2.05, 4.69) is 21.5 Å². The van der Waals surface area contributed by atoms with Gasteiger partial charge in [0, 0.05) is 6.20 Å². The van der Waals surface area contributed by atoms with Gasteiger partial charge in [-0.05, 0) is 12.1 Å². The van der Waals surface area contributed by atoms with Crippen molar-refractivity contribution < 1.29 is 0 Å². The van der Waals surface area contributed by atoms with Gasteiger partial charge >= 0.3 is 5.69 Å². The number of nitrogens with two attached hydrogens (primary N) is 1. The first-order chi connectivity index (χ1) is 9.67. The molecule has 2 N–H and O–H groups in total. The fourth-order valence-corrected chi connectivity index (χ4v) is 1.51. The van der Waals surface area contributed by atoms with Crippen LogP contribution >= 0.6 is 0 Å². The van der Waals surface area contributed by atoms with Crippen LogP contribution in [0.15, 0.2) is 42.1 Å². The molecule has 2 rings (SSSR count). The molecule has 0 unspecified atom stereocenters. The highest BCUT2D eigenvalue weighted by Gasteiger charge is 2.11. The van der Waals surface area contributed by atoms with Gasteiger partial charge in [-0.1, -0.05) is 6.08 Å². The first-order valence-electron chi connectivity index (χ1n) is 5.61. The molecular weight excluding hydrogens is 258 g/mol. The molecule has 0 spiro atoms. The SMILES string of the molecule is C=CCN(N)c1ncn(-c2ncccc2C#N)c(=O)n1. The molecule has 20 heavy (non-hydrogen) atoms. The summed E-state index contributed by atoms with van der Waals surface area (Å²) in [5, 5.41) is 10.2. The number of pyridine rings is 1. The molecule has 0 bridgehead atoms. The van der Waals surface area contributed by atoms with Crippen LogP contribution in [-0.2, 0) is 0 Å². The molecule has 8 nitrogen and oxygen atoms in total. The minimum atomic E-state index is -0.621. The zero-order chi connectivity index (χ0) is 14.5. The molecule has 0 radical (unpaired) electrons. The molecule has 0 fully saturated rings. The molecule has 0 amide bonds. The Balaban J connectivity index is 2.48. The van der Waals surface area contributed by atoms with Crippen molar-refractivity contribution in [2.24, 2.45) is 5.84 Å². The molecule has 0 saturated heterocycles. The zero-order valence-corrected chi connectivity index (χ0v) is 10.5. The predicted molar refractivity (Wildman–Crippen MR) is 71.9 cm³/mol. The van der Waals surface area contributed by atoms with Crippen molar-refractivity contribution in [3.05, 3.63) is 53.4 Å². The van der Waals surface area contributed by atoms with Gasteiger partial charge in [-0.2, -0.15) is 10.2 Å². The molecule has 2 aromatic rings. The Bertz CT molecular complexity index is 731. The Labute approximate surface area is 114 Å². The lowest BCUT2D eigenvalue weighted by atomic mass is 10.3. The topological polar surface area (TPSA) is 114 Å². The minimum absolute atomic E-state index is 0.0700. The summed E-state index contributed by atoms with van der Waals surface area (Å²) >= 11 is 0. The Morgan fingerprint density at radius 2 is 2.35 bits per heavy atom. The monoisotopic (exact) mass is 269 g/mol. The predicted octanol–water partition coefficient (Wildman–Crippen LogP) is -0.240. The summed E-state index contributed by atoms with van der Waals surface area (Å²) in [4.78, 5) is 23.7. The summed E-state index contributed by atoms with van der Waals surface area (Å²) < 4.78 is 1.09. The van der Waals surface area contributed by atoms with E-state index in [1.165, 1.54) is 17.5 Å². The van der Waals surface area contributed by atoms with E-state index in [1.807, 2.05) is 6.07 Å². The highest BCUT2D eigenvalue weighted by molar-refractivity contribution is 5.42. The Morgan fingerprint density at radius 3 is 3.00 bits per heavy atom. The molecule has 0 aromatic carbocycles. The van der Waals surface area contributed by atoms with Crippen LogP contribution in [0.1, 0.15) is 5.56 Å². The van der Waals surface area contributed by atoms with Gasteiger partial charge in [-0.25, -0.2) is 25.2 Å². The van der Waals surface area contributed by atoms with Gasteiger partial charge in [0.25, 0.3) is 0 Å². The van der Waals surface area contributed by atoms with Crippen LogP contribution < -0.4 is 16.5 Å². The third kappa shape index (κ3) is 2.52. The van der Waals surface area contributed by atoms with Crippen LogP contribution in [0, 0.1) is 11.3 Å². The first kappa shape index (κ1) is 13.4. The molecule has 2 aromatic heterocycles. The first-order valence-corrected chi connectivity index (χ1v) is 5.61. The number of hydrogen-bond acceptors (Lipinski definition) is 7. The van der Waals surface area contributed by atoms with E-state index in [4.69, 9.17) is 11.1 Å². The Kier molecular flexibility index (Phi) is 3.83. The van der Waals surface area contributed by atoms with E-state index in [-0.39, 0.29) is 17.3 Å². The van der Waals surface area contributed by atoms with Crippen molar-refractivity contribution in [2.45, 2.75) is 0 Å². The number of nitriles is 1. The quantitative estimate of drug-likeness (QED) is 0.463. The number of hydrogen-bond donors (Lipinski definition) is 1. The van der Waals surface area contributed by atoms with Crippen molar-refractivity contribution in [1.82, 2.24) is 19.5 Å². The van der Waals surface area contributed by atoms with Gasteiger partial charge in [-0.15, -0.1) is 6.58 Å². The number of nitrogens with zero attached hydrogens (tertiary/aromatic N) is 6. The largest absolute Gasteiger partial charge is 0.357 e. The van der Waals surface area contributed by atoms with Gasteiger partial charge in [0.05, 0.1) is 12.1 Å². The molecule has 0 saturated carbocycles. The zero-order valence-electron chi connectivity index (χ0n) is 10.5. The highest BCUT2D eigenvalue weighted by Crippen LogP contribution is 2.07. The number of aromatic nitrogens is 4. The second-order valence-corrected chi connectivity index (χ2v) is 3.74. The lowest BCUT2D eigenvalue weighted by Gasteiger charge is -2.13. The molecule has 2 heterocycles.